The van der Waals surface area contributed by atoms with E-state index in [2.05, 4.69) is 30.4 Å². The fourth-order valence-corrected chi connectivity index (χ4v) is 3.26. The molecule has 3 heterocycles. The quantitative estimate of drug-likeness (QED) is 0.756. The number of nitrogens with zero attached hydrogens (tertiary/aromatic N) is 4. The van der Waals surface area contributed by atoms with Crippen LogP contribution in [-0.4, -0.2) is 31.0 Å². The van der Waals surface area contributed by atoms with Gasteiger partial charge in [-0.25, -0.2) is 9.97 Å². The Morgan fingerprint density at radius 2 is 2.16 bits per heavy atom. The number of carbonyl (C=O) groups is 1. The lowest BCUT2D eigenvalue weighted by atomic mass is 10.1. The molecular weight excluding hydrogens is 320 g/mol. The summed E-state index contributed by atoms with van der Waals surface area (Å²) in [5, 5.41) is 6.96. The standard InChI is InChI=1S/C17H20N6O2/c1-9(17-22-14(23-25-17)11-5-3-4-6-11)19-16(24)12-7-13-15(18-8-12)21-10(2)20-13/h7-9,11H,3-6H2,1-2H3,(H,19,24)(H,18,20,21)/t9-/m0/s1. The third-order valence-corrected chi connectivity index (χ3v) is 4.61. The molecule has 1 fully saturated rings. The molecule has 0 unspecified atom stereocenters. The third kappa shape index (κ3) is 3.11. The van der Waals surface area contributed by atoms with Crippen molar-refractivity contribution in [1.29, 1.82) is 0 Å². The summed E-state index contributed by atoms with van der Waals surface area (Å²) < 4.78 is 5.34. The molecule has 130 valence electrons. The van der Waals surface area contributed by atoms with E-state index in [0.717, 1.165) is 30.0 Å². The van der Waals surface area contributed by atoms with E-state index in [-0.39, 0.29) is 11.9 Å². The first kappa shape index (κ1) is 15.7. The molecule has 0 bridgehead atoms. The van der Waals surface area contributed by atoms with E-state index in [0.29, 0.717) is 23.0 Å². The van der Waals surface area contributed by atoms with Gasteiger partial charge in [0.2, 0.25) is 5.89 Å². The van der Waals surface area contributed by atoms with E-state index in [1.807, 2.05) is 13.8 Å². The second kappa shape index (κ2) is 6.27. The summed E-state index contributed by atoms with van der Waals surface area (Å²) >= 11 is 0. The molecule has 25 heavy (non-hydrogen) atoms. The highest BCUT2D eigenvalue weighted by atomic mass is 16.5. The second-order valence-corrected chi connectivity index (χ2v) is 6.58. The summed E-state index contributed by atoms with van der Waals surface area (Å²) in [6, 6.07) is 1.37. The van der Waals surface area contributed by atoms with Gasteiger partial charge in [0.25, 0.3) is 5.91 Å². The largest absolute Gasteiger partial charge is 0.341 e. The maximum absolute atomic E-state index is 12.5. The van der Waals surface area contributed by atoms with Crippen molar-refractivity contribution in [2.24, 2.45) is 0 Å². The predicted molar refractivity (Wildman–Crippen MR) is 90.0 cm³/mol. The molecule has 1 amide bonds. The van der Waals surface area contributed by atoms with Crippen LogP contribution in [0.5, 0.6) is 0 Å². The Morgan fingerprint density at radius 3 is 2.96 bits per heavy atom. The van der Waals surface area contributed by atoms with Crippen molar-refractivity contribution in [2.45, 2.75) is 51.5 Å². The highest BCUT2D eigenvalue weighted by Crippen LogP contribution is 2.32. The minimum Gasteiger partial charge on any atom is -0.341 e. The Kier molecular flexibility index (Phi) is 3.95. The van der Waals surface area contributed by atoms with Gasteiger partial charge < -0.3 is 14.8 Å². The Hall–Kier alpha value is -2.77. The van der Waals surface area contributed by atoms with E-state index in [4.69, 9.17) is 4.52 Å². The van der Waals surface area contributed by atoms with Crippen LogP contribution >= 0.6 is 0 Å². The summed E-state index contributed by atoms with van der Waals surface area (Å²) in [6.07, 6.45) is 6.15. The van der Waals surface area contributed by atoms with Crippen LogP contribution in [0.1, 0.15) is 72.5 Å². The van der Waals surface area contributed by atoms with Crippen LogP contribution < -0.4 is 5.32 Å². The zero-order valence-corrected chi connectivity index (χ0v) is 14.2. The highest BCUT2D eigenvalue weighted by Gasteiger charge is 2.24. The lowest BCUT2D eigenvalue weighted by molar-refractivity contribution is 0.0932. The molecule has 1 aliphatic rings. The second-order valence-electron chi connectivity index (χ2n) is 6.58. The molecular formula is C17H20N6O2. The smallest absolute Gasteiger partial charge is 0.253 e. The maximum Gasteiger partial charge on any atom is 0.253 e. The first-order chi connectivity index (χ1) is 12.1. The van der Waals surface area contributed by atoms with Gasteiger partial charge in [0.05, 0.1) is 11.1 Å². The fourth-order valence-electron chi connectivity index (χ4n) is 3.26. The normalized spacial score (nSPS) is 16.4. The van der Waals surface area contributed by atoms with Crippen LogP contribution in [0.2, 0.25) is 0 Å². The van der Waals surface area contributed by atoms with Gasteiger partial charge in [-0.2, -0.15) is 4.98 Å². The summed E-state index contributed by atoms with van der Waals surface area (Å²) in [5.41, 5.74) is 1.79. The number of carbonyl (C=O) groups excluding carboxylic acids is 1. The van der Waals surface area contributed by atoms with Crippen LogP contribution in [0.3, 0.4) is 0 Å². The van der Waals surface area contributed by atoms with Gasteiger partial charge in [-0.3, -0.25) is 4.79 Å². The molecule has 1 saturated carbocycles. The van der Waals surface area contributed by atoms with Crippen LogP contribution in [0.15, 0.2) is 16.8 Å². The topological polar surface area (TPSA) is 110 Å². The molecule has 0 radical (unpaired) electrons. The molecule has 0 spiro atoms. The molecule has 1 aliphatic carbocycles. The molecule has 1 atom stereocenters. The predicted octanol–water partition coefficient (Wildman–Crippen LogP) is 2.80. The van der Waals surface area contributed by atoms with E-state index in [1.165, 1.54) is 19.0 Å². The monoisotopic (exact) mass is 340 g/mol. The summed E-state index contributed by atoms with van der Waals surface area (Å²) in [6.45, 7) is 3.68. The Morgan fingerprint density at radius 1 is 1.36 bits per heavy atom. The number of fused-ring (bicyclic) bond motifs is 1. The maximum atomic E-state index is 12.5. The molecule has 8 heteroatoms. The Labute approximate surface area is 144 Å². The SMILES string of the molecule is Cc1nc2ncc(C(=O)N[C@@H](C)c3nc(C4CCCC4)no3)cc2[nH]1. The summed E-state index contributed by atoms with van der Waals surface area (Å²) in [4.78, 5) is 28.4. The number of aromatic amines is 1. The van der Waals surface area contributed by atoms with Crippen molar-refractivity contribution in [3.05, 3.63) is 35.4 Å². The van der Waals surface area contributed by atoms with Crippen molar-refractivity contribution in [1.82, 2.24) is 30.4 Å². The third-order valence-electron chi connectivity index (χ3n) is 4.61. The highest BCUT2D eigenvalue weighted by molar-refractivity contribution is 5.96. The first-order valence-corrected chi connectivity index (χ1v) is 8.57. The molecule has 2 N–H and O–H groups in total. The van der Waals surface area contributed by atoms with Crippen molar-refractivity contribution < 1.29 is 9.32 Å². The fraction of sp³-hybridized carbons (Fsp3) is 0.471. The zero-order valence-electron chi connectivity index (χ0n) is 14.2. The van der Waals surface area contributed by atoms with E-state index < -0.39 is 0 Å². The number of nitrogens with one attached hydrogen (secondary N) is 2. The molecule has 3 aromatic rings. The van der Waals surface area contributed by atoms with Gasteiger partial charge in [0, 0.05) is 12.1 Å². The van der Waals surface area contributed by atoms with Crippen molar-refractivity contribution in [2.75, 3.05) is 0 Å². The Balaban J connectivity index is 1.47. The molecule has 3 aromatic heterocycles. The number of aryl methyl sites for hydroxylation is 1. The molecule has 8 nitrogen and oxygen atoms in total. The van der Waals surface area contributed by atoms with Crippen LogP contribution in [0.4, 0.5) is 0 Å². The average Bonchev–Trinajstić information content (AvgIpc) is 3.32. The number of H-pyrrole nitrogens is 1. The number of pyridine rings is 1. The number of aromatic nitrogens is 5. The first-order valence-electron chi connectivity index (χ1n) is 8.57. The average molecular weight is 340 g/mol. The van der Waals surface area contributed by atoms with Crippen molar-refractivity contribution in [3.8, 4) is 0 Å². The van der Waals surface area contributed by atoms with Crippen LogP contribution in [0, 0.1) is 6.92 Å². The molecule has 0 aliphatic heterocycles. The van der Waals surface area contributed by atoms with E-state index in [9.17, 15) is 4.79 Å². The number of hydrogen-bond acceptors (Lipinski definition) is 6. The van der Waals surface area contributed by atoms with Crippen LogP contribution in [0.25, 0.3) is 11.2 Å². The number of rotatable bonds is 4. The molecule has 4 rings (SSSR count). The summed E-state index contributed by atoms with van der Waals surface area (Å²) in [5.74, 6) is 2.09. The van der Waals surface area contributed by atoms with E-state index >= 15 is 0 Å². The van der Waals surface area contributed by atoms with Crippen LogP contribution in [-0.2, 0) is 0 Å². The van der Waals surface area contributed by atoms with Crippen molar-refractivity contribution in [3.63, 3.8) is 0 Å². The number of hydrogen-bond donors (Lipinski definition) is 2. The number of imidazole rings is 1. The van der Waals surface area contributed by atoms with Crippen molar-refractivity contribution >= 4 is 17.1 Å². The zero-order chi connectivity index (χ0) is 17.4. The number of amides is 1. The van der Waals surface area contributed by atoms with E-state index in [1.54, 1.807) is 6.07 Å². The Bertz CT molecular complexity index is 909. The minimum atomic E-state index is -0.366. The summed E-state index contributed by atoms with van der Waals surface area (Å²) in [7, 11) is 0. The van der Waals surface area contributed by atoms with Gasteiger partial charge in [0.15, 0.2) is 11.5 Å². The van der Waals surface area contributed by atoms with Gasteiger partial charge in [0.1, 0.15) is 11.9 Å². The molecule has 0 aromatic carbocycles. The van der Waals surface area contributed by atoms with Gasteiger partial charge in [-0.1, -0.05) is 18.0 Å². The lowest BCUT2D eigenvalue weighted by Crippen LogP contribution is -2.27. The minimum absolute atomic E-state index is 0.241. The lowest BCUT2D eigenvalue weighted by Gasteiger charge is -2.09. The van der Waals surface area contributed by atoms with Gasteiger partial charge in [-0.15, -0.1) is 0 Å². The van der Waals surface area contributed by atoms with Gasteiger partial charge >= 0.3 is 0 Å². The molecule has 0 saturated heterocycles. The van der Waals surface area contributed by atoms with Gasteiger partial charge in [-0.05, 0) is 32.8 Å².